The van der Waals surface area contributed by atoms with E-state index in [9.17, 15) is 0 Å². The first-order chi connectivity index (χ1) is 4.33. The number of aromatic nitrogens is 1. The van der Waals surface area contributed by atoms with E-state index < -0.39 is 0 Å². The number of nitrogen functional groups attached to an aromatic ring is 1. The van der Waals surface area contributed by atoms with E-state index in [1.807, 2.05) is 12.1 Å². The Hall–Kier alpha value is -0.700. The summed E-state index contributed by atoms with van der Waals surface area (Å²) >= 11 is 4.07. The molecule has 0 aliphatic carbocycles. The van der Waals surface area contributed by atoms with E-state index in [1.54, 1.807) is 6.20 Å². The van der Waals surface area contributed by atoms with Crippen molar-refractivity contribution >= 4 is 18.4 Å². The van der Waals surface area contributed by atoms with Crippen LogP contribution in [0, 0.1) is 0 Å². The zero-order chi connectivity index (χ0) is 6.69. The molecule has 1 aromatic rings. The highest BCUT2D eigenvalue weighted by Crippen LogP contribution is 2.04. The monoisotopic (exact) mass is 140 g/mol. The molecular weight excluding hydrogens is 132 g/mol. The first kappa shape index (κ1) is 6.42. The summed E-state index contributed by atoms with van der Waals surface area (Å²) in [7, 11) is 0. The van der Waals surface area contributed by atoms with E-state index in [0.29, 0.717) is 11.6 Å². The van der Waals surface area contributed by atoms with Crippen molar-refractivity contribution in [3.8, 4) is 0 Å². The molecule has 48 valence electrons. The summed E-state index contributed by atoms with van der Waals surface area (Å²) in [6.07, 6.45) is 1.68. The van der Waals surface area contributed by atoms with Crippen LogP contribution in [-0.2, 0) is 5.75 Å². The van der Waals surface area contributed by atoms with Gasteiger partial charge in [-0.2, -0.15) is 12.6 Å². The fraction of sp³-hybridized carbons (Fsp3) is 0.167. The van der Waals surface area contributed by atoms with E-state index >= 15 is 0 Å². The number of nitrogens with two attached hydrogens (primary N) is 1. The molecule has 0 saturated carbocycles. The zero-order valence-electron chi connectivity index (χ0n) is 4.91. The Balaban J connectivity index is 2.94. The van der Waals surface area contributed by atoms with Crippen molar-refractivity contribution in [2.75, 3.05) is 5.73 Å². The highest BCUT2D eigenvalue weighted by molar-refractivity contribution is 7.79. The molecule has 0 radical (unpaired) electrons. The lowest BCUT2D eigenvalue weighted by molar-refractivity contribution is 1.28. The van der Waals surface area contributed by atoms with Gasteiger partial charge in [0.25, 0.3) is 0 Å². The second-order valence-corrected chi connectivity index (χ2v) is 2.06. The maximum atomic E-state index is 5.39. The van der Waals surface area contributed by atoms with Crippen molar-refractivity contribution < 1.29 is 0 Å². The van der Waals surface area contributed by atoms with Gasteiger partial charge < -0.3 is 5.73 Å². The normalized spacial score (nSPS) is 9.44. The summed E-state index contributed by atoms with van der Waals surface area (Å²) in [6, 6.07) is 3.70. The van der Waals surface area contributed by atoms with Crippen LogP contribution in [0.15, 0.2) is 18.3 Å². The number of rotatable bonds is 1. The van der Waals surface area contributed by atoms with Gasteiger partial charge in [0, 0.05) is 11.9 Å². The number of anilines is 1. The topological polar surface area (TPSA) is 38.9 Å². The van der Waals surface area contributed by atoms with Crippen LogP contribution < -0.4 is 5.73 Å². The average molecular weight is 140 g/mol. The Kier molecular flexibility index (Phi) is 1.95. The van der Waals surface area contributed by atoms with Crippen molar-refractivity contribution in [1.29, 1.82) is 0 Å². The molecule has 0 spiro atoms. The Morgan fingerprint density at radius 3 is 2.89 bits per heavy atom. The third-order valence-electron chi connectivity index (χ3n) is 1.03. The van der Waals surface area contributed by atoms with Gasteiger partial charge in [0.2, 0.25) is 0 Å². The van der Waals surface area contributed by atoms with E-state index in [4.69, 9.17) is 5.73 Å². The molecule has 0 atom stereocenters. The van der Waals surface area contributed by atoms with E-state index in [-0.39, 0.29) is 0 Å². The molecule has 0 aliphatic heterocycles. The quantitative estimate of drug-likeness (QED) is 0.573. The summed E-state index contributed by atoms with van der Waals surface area (Å²) in [4.78, 5) is 3.83. The number of hydrogen-bond acceptors (Lipinski definition) is 3. The Morgan fingerprint density at radius 2 is 2.44 bits per heavy atom. The maximum absolute atomic E-state index is 5.39. The van der Waals surface area contributed by atoms with Crippen LogP contribution in [0.5, 0.6) is 0 Å². The van der Waals surface area contributed by atoms with E-state index in [2.05, 4.69) is 17.6 Å². The van der Waals surface area contributed by atoms with Crippen molar-refractivity contribution in [2.45, 2.75) is 5.75 Å². The average Bonchev–Trinajstić information content (AvgIpc) is 1.88. The zero-order valence-corrected chi connectivity index (χ0v) is 5.81. The number of thiol groups is 1. The largest absolute Gasteiger partial charge is 0.384 e. The van der Waals surface area contributed by atoms with E-state index in [1.165, 1.54) is 0 Å². The van der Waals surface area contributed by atoms with Gasteiger partial charge >= 0.3 is 0 Å². The van der Waals surface area contributed by atoms with Crippen LogP contribution >= 0.6 is 12.6 Å². The van der Waals surface area contributed by atoms with Crippen LogP contribution in [0.2, 0.25) is 0 Å². The fourth-order valence-corrected chi connectivity index (χ4v) is 0.789. The molecule has 2 nitrogen and oxygen atoms in total. The third-order valence-corrected chi connectivity index (χ3v) is 1.39. The third kappa shape index (κ3) is 1.61. The molecule has 0 fully saturated rings. The molecule has 0 bridgehead atoms. The SMILES string of the molecule is Nc1cc(CS)ccn1. The van der Waals surface area contributed by atoms with Crippen LogP contribution in [0.25, 0.3) is 0 Å². The molecule has 1 aromatic heterocycles. The minimum Gasteiger partial charge on any atom is -0.384 e. The highest BCUT2D eigenvalue weighted by Gasteiger charge is 1.88. The lowest BCUT2D eigenvalue weighted by Crippen LogP contribution is -1.89. The van der Waals surface area contributed by atoms with Gasteiger partial charge in [-0.3, -0.25) is 0 Å². The van der Waals surface area contributed by atoms with Crippen molar-refractivity contribution in [3.63, 3.8) is 0 Å². The Bertz CT molecular complexity index is 200. The minimum atomic E-state index is 0.557. The van der Waals surface area contributed by atoms with Crippen molar-refractivity contribution in [2.24, 2.45) is 0 Å². The second-order valence-electron chi connectivity index (χ2n) is 1.75. The van der Waals surface area contributed by atoms with Gasteiger partial charge in [0.15, 0.2) is 0 Å². The van der Waals surface area contributed by atoms with Gasteiger partial charge in [-0.1, -0.05) is 0 Å². The smallest absolute Gasteiger partial charge is 0.123 e. The molecule has 9 heavy (non-hydrogen) atoms. The van der Waals surface area contributed by atoms with Gasteiger partial charge in [0.1, 0.15) is 5.82 Å². The molecule has 1 heterocycles. The minimum absolute atomic E-state index is 0.557. The first-order valence-electron chi connectivity index (χ1n) is 2.64. The summed E-state index contributed by atoms with van der Waals surface area (Å²) in [5.41, 5.74) is 6.49. The van der Waals surface area contributed by atoms with Crippen molar-refractivity contribution in [1.82, 2.24) is 4.98 Å². The predicted molar refractivity (Wildman–Crippen MR) is 41.3 cm³/mol. The molecule has 0 amide bonds. The maximum Gasteiger partial charge on any atom is 0.123 e. The summed E-state index contributed by atoms with van der Waals surface area (Å²) < 4.78 is 0. The molecule has 2 N–H and O–H groups in total. The Labute approximate surface area is 59.5 Å². The van der Waals surface area contributed by atoms with Gasteiger partial charge in [-0.15, -0.1) is 0 Å². The predicted octanol–water partition coefficient (Wildman–Crippen LogP) is 1.09. The molecule has 3 heteroatoms. The number of hydrogen-bond donors (Lipinski definition) is 2. The van der Waals surface area contributed by atoms with Crippen LogP contribution in [0.1, 0.15) is 5.56 Å². The van der Waals surface area contributed by atoms with Crippen LogP contribution in [-0.4, -0.2) is 4.98 Å². The van der Waals surface area contributed by atoms with E-state index in [0.717, 1.165) is 5.56 Å². The molecule has 0 aromatic carbocycles. The van der Waals surface area contributed by atoms with Gasteiger partial charge in [-0.25, -0.2) is 4.98 Å². The molecule has 0 saturated heterocycles. The van der Waals surface area contributed by atoms with Crippen molar-refractivity contribution in [3.05, 3.63) is 23.9 Å². The van der Waals surface area contributed by atoms with Crippen LogP contribution in [0.4, 0.5) is 5.82 Å². The lowest BCUT2D eigenvalue weighted by Gasteiger charge is -1.94. The Morgan fingerprint density at radius 1 is 1.67 bits per heavy atom. The summed E-state index contributed by atoms with van der Waals surface area (Å²) in [6.45, 7) is 0. The molecular formula is C6H8N2S. The number of nitrogens with zero attached hydrogens (tertiary/aromatic N) is 1. The number of pyridine rings is 1. The van der Waals surface area contributed by atoms with Gasteiger partial charge in [-0.05, 0) is 17.7 Å². The summed E-state index contributed by atoms with van der Waals surface area (Å²) in [5.74, 6) is 1.27. The summed E-state index contributed by atoms with van der Waals surface area (Å²) in [5, 5.41) is 0. The standard InChI is InChI=1S/C6H8N2S/c7-6-3-5(4-9)1-2-8-6/h1-3,9H,4H2,(H2,7,8). The highest BCUT2D eigenvalue weighted by atomic mass is 32.1. The molecule has 0 unspecified atom stereocenters. The first-order valence-corrected chi connectivity index (χ1v) is 3.27. The van der Waals surface area contributed by atoms with Crippen LogP contribution in [0.3, 0.4) is 0 Å². The molecule has 0 aliphatic rings. The fourth-order valence-electron chi connectivity index (χ4n) is 0.593. The van der Waals surface area contributed by atoms with Gasteiger partial charge in [0.05, 0.1) is 0 Å². The molecule has 1 rings (SSSR count). The second kappa shape index (κ2) is 2.73. The lowest BCUT2D eigenvalue weighted by atomic mass is 10.3.